The molecule has 0 spiro atoms. The maximum atomic E-state index is 12.8. The number of halogens is 4. The molecule has 0 aliphatic carbocycles. The van der Waals surface area contributed by atoms with E-state index in [4.69, 9.17) is 0 Å². The van der Waals surface area contributed by atoms with Crippen molar-refractivity contribution in [3.63, 3.8) is 0 Å². The summed E-state index contributed by atoms with van der Waals surface area (Å²) < 4.78 is 65.9. The average Bonchev–Trinajstić information content (AvgIpc) is 2.77. The molecule has 0 saturated carbocycles. The molecule has 24 heavy (non-hydrogen) atoms. The van der Waals surface area contributed by atoms with Crippen LogP contribution < -0.4 is 4.72 Å². The zero-order valence-corrected chi connectivity index (χ0v) is 15.4. The lowest BCUT2D eigenvalue weighted by molar-refractivity contribution is -0.137. The Labute approximate surface area is 147 Å². The summed E-state index contributed by atoms with van der Waals surface area (Å²) in [6, 6.07) is 1.97. The number of rotatable bonds is 4. The first-order valence-electron chi connectivity index (χ1n) is 7.24. The molecule has 1 heterocycles. The Hall–Kier alpha value is -0.615. The van der Waals surface area contributed by atoms with Crippen LogP contribution in [0.15, 0.2) is 27.6 Å². The van der Waals surface area contributed by atoms with Gasteiger partial charge in [0.15, 0.2) is 0 Å². The summed E-state index contributed by atoms with van der Waals surface area (Å²) in [6.07, 6.45) is -4.17. The van der Waals surface area contributed by atoms with Gasteiger partial charge in [0.1, 0.15) is 0 Å². The minimum absolute atomic E-state index is 0.0392. The van der Waals surface area contributed by atoms with Crippen molar-refractivity contribution < 1.29 is 26.6 Å². The van der Waals surface area contributed by atoms with Gasteiger partial charge < -0.3 is 9.83 Å². The quantitative estimate of drug-likeness (QED) is 0.722. The van der Waals surface area contributed by atoms with E-state index in [2.05, 4.69) is 20.7 Å². The fraction of sp³-hybridized carbons (Fsp3) is 0.538. The molecule has 0 radical (unpaired) electrons. The van der Waals surface area contributed by atoms with Gasteiger partial charge in [-0.15, -0.1) is 0 Å². The molecular weight excluding hydrogens is 412 g/mol. The van der Waals surface area contributed by atoms with Crippen LogP contribution >= 0.6 is 15.9 Å². The summed E-state index contributed by atoms with van der Waals surface area (Å²) >= 11 is 2.99. The van der Waals surface area contributed by atoms with Crippen molar-refractivity contribution in [2.45, 2.75) is 43.3 Å². The third-order valence-electron chi connectivity index (χ3n) is 3.97. The monoisotopic (exact) mass is 428 g/mol. The topological polar surface area (TPSA) is 69.6 Å². The highest BCUT2D eigenvalue weighted by Gasteiger charge is 2.37. The maximum Gasteiger partial charge on any atom is 0.416 e. The molecule has 5 nitrogen and oxygen atoms in total. The van der Waals surface area contributed by atoms with E-state index in [0.717, 1.165) is 12.1 Å². The smallest absolute Gasteiger partial charge is 0.416 e. The van der Waals surface area contributed by atoms with Gasteiger partial charge in [0.05, 0.1) is 10.5 Å². The lowest BCUT2D eigenvalue weighted by atomic mass is 9.84. The molecule has 1 aliphatic heterocycles. The highest BCUT2D eigenvalue weighted by atomic mass is 79.9. The summed E-state index contributed by atoms with van der Waals surface area (Å²) in [4.78, 5) is 1.26. The molecule has 134 valence electrons. The third kappa shape index (κ3) is 4.31. The van der Waals surface area contributed by atoms with E-state index in [1.54, 1.807) is 11.6 Å². The van der Waals surface area contributed by atoms with Gasteiger partial charge in [-0.05, 0) is 53.4 Å². The van der Waals surface area contributed by atoms with E-state index >= 15 is 0 Å². The minimum atomic E-state index is -4.63. The number of benzene rings is 1. The highest BCUT2D eigenvalue weighted by Crippen LogP contribution is 2.33. The van der Waals surface area contributed by atoms with Crippen molar-refractivity contribution in [2.24, 2.45) is 0 Å². The summed E-state index contributed by atoms with van der Waals surface area (Å²) in [7, 11) is -4.86. The van der Waals surface area contributed by atoms with Crippen molar-refractivity contribution >= 4 is 33.0 Å². The van der Waals surface area contributed by atoms with E-state index < -0.39 is 39.8 Å². The standard InChI is InChI=1S/C13H17BBrF3N2O3S/c1-8-5-10(7-20(8)14(2)21)19-24(22,23)12-6-9(13(16,17)18)3-4-11(12)15/h3-4,6,8,10,19,21H,5,7H2,1-2H3/t8-,10+/m0/s1. The predicted molar refractivity (Wildman–Crippen MR) is 87.9 cm³/mol. The Morgan fingerprint density at radius 2 is 2.04 bits per heavy atom. The molecule has 0 bridgehead atoms. The molecule has 2 N–H and O–H groups in total. The third-order valence-corrected chi connectivity index (χ3v) is 6.49. The molecule has 1 fully saturated rings. The molecular formula is C13H17BBrF3N2O3S. The van der Waals surface area contributed by atoms with Crippen LogP contribution in [0.4, 0.5) is 13.2 Å². The normalized spacial score (nSPS) is 22.8. The van der Waals surface area contributed by atoms with Crippen molar-refractivity contribution in [1.29, 1.82) is 0 Å². The molecule has 1 aliphatic rings. The average molecular weight is 429 g/mol. The van der Waals surface area contributed by atoms with Gasteiger partial charge in [-0.3, -0.25) is 0 Å². The first-order valence-corrected chi connectivity index (χ1v) is 9.52. The minimum Gasteiger partial charge on any atom is -0.437 e. The Morgan fingerprint density at radius 3 is 2.54 bits per heavy atom. The van der Waals surface area contributed by atoms with Crippen LogP contribution in [0.1, 0.15) is 18.9 Å². The molecule has 0 amide bonds. The summed E-state index contributed by atoms with van der Waals surface area (Å²) in [6.45, 7) is 3.71. The first-order chi connectivity index (χ1) is 10.9. The summed E-state index contributed by atoms with van der Waals surface area (Å²) in [5.74, 6) is 0. The largest absolute Gasteiger partial charge is 0.437 e. The molecule has 0 unspecified atom stereocenters. The van der Waals surface area contributed by atoms with Gasteiger partial charge in [0.2, 0.25) is 10.0 Å². The van der Waals surface area contributed by atoms with Crippen LogP contribution in [-0.4, -0.2) is 43.9 Å². The number of nitrogens with zero attached hydrogens (tertiary/aromatic N) is 1. The highest BCUT2D eigenvalue weighted by molar-refractivity contribution is 9.10. The number of hydrogen-bond donors (Lipinski definition) is 2. The molecule has 1 aromatic carbocycles. The molecule has 2 rings (SSSR count). The first kappa shape index (κ1) is 19.7. The van der Waals surface area contributed by atoms with Crippen LogP contribution in [0.3, 0.4) is 0 Å². The summed E-state index contributed by atoms with van der Waals surface area (Å²) in [5, 5.41) is 9.64. The van der Waals surface area contributed by atoms with Crippen molar-refractivity contribution in [3.8, 4) is 0 Å². The Kier molecular flexibility index (Phi) is 5.70. The molecule has 1 aromatic rings. The SMILES string of the molecule is CB(O)N1C[C@H](NS(=O)(=O)c2cc(C(F)(F)F)ccc2Br)C[C@@H]1C. The van der Waals surface area contributed by atoms with E-state index in [-0.39, 0.29) is 17.1 Å². The fourth-order valence-electron chi connectivity index (χ4n) is 2.83. The van der Waals surface area contributed by atoms with Gasteiger partial charge in [-0.2, -0.15) is 13.2 Å². The van der Waals surface area contributed by atoms with Crippen LogP contribution in [0.2, 0.25) is 6.82 Å². The fourth-order valence-corrected chi connectivity index (χ4v) is 5.06. The van der Waals surface area contributed by atoms with Crippen LogP contribution in [0, 0.1) is 0 Å². The lowest BCUT2D eigenvalue weighted by Gasteiger charge is -2.21. The number of alkyl halides is 3. The van der Waals surface area contributed by atoms with Crippen molar-refractivity contribution in [3.05, 3.63) is 28.2 Å². The maximum absolute atomic E-state index is 12.8. The van der Waals surface area contributed by atoms with E-state index in [1.165, 1.54) is 0 Å². The van der Waals surface area contributed by atoms with Crippen LogP contribution in [0.25, 0.3) is 0 Å². The van der Waals surface area contributed by atoms with Gasteiger partial charge in [-0.1, -0.05) is 6.92 Å². The van der Waals surface area contributed by atoms with Crippen LogP contribution in [-0.2, 0) is 16.2 Å². The molecule has 1 saturated heterocycles. The second-order valence-corrected chi connectivity index (χ2v) is 8.41. The second-order valence-electron chi connectivity index (χ2n) is 5.87. The molecule has 0 aromatic heterocycles. The Bertz CT molecular complexity index is 715. The van der Waals surface area contributed by atoms with Crippen molar-refractivity contribution in [2.75, 3.05) is 6.54 Å². The Balaban J connectivity index is 2.26. The van der Waals surface area contributed by atoms with Crippen molar-refractivity contribution in [1.82, 2.24) is 9.53 Å². The van der Waals surface area contributed by atoms with Gasteiger partial charge in [-0.25, -0.2) is 13.1 Å². The zero-order chi connectivity index (χ0) is 18.3. The molecule has 2 atom stereocenters. The predicted octanol–water partition coefficient (Wildman–Crippen LogP) is 2.32. The van der Waals surface area contributed by atoms with E-state index in [1.807, 2.05) is 6.92 Å². The second kappa shape index (κ2) is 6.95. The number of hydrogen-bond acceptors (Lipinski definition) is 4. The van der Waals surface area contributed by atoms with Gasteiger partial charge in [0, 0.05) is 17.1 Å². The Morgan fingerprint density at radius 1 is 1.42 bits per heavy atom. The molecule has 11 heteroatoms. The van der Waals surface area contributed by atoms with E-state index in [9.17, 15) is 26.6 Å². The van der Waals surface area contributed by atoms with Gasteiger partial charge >= 0.3 is 13.2 Å². The number of sulfonamides is 1. The lowest BCUT2D eigenvalue weighted by Crippen LogP contribution is -2.42. The zero-order valence-electron chi connectivity index (χ0n) is 13.0. The van der Waals surface area contributed by atoms with Gasteiger partial charge in [0.25, 0.3) is 0 Å². The van der Waals surface area contributed by atoms with E-state index in [0.29, 0.717) is 12.5 Å². The number of nitrogens with one attached hydrogen (secondary N) is 1. The summed E-state index contributed by atoms with van der Waals surface area (Å²) in [5.41, 5.74) is -1.03. The van der Waals surface area contributed by atoms with Crippen LogP contribution in [0.5, 0.6) is 0 Å².